The Morgan fingerprint density at radius 2 is 2.12 bits per heavy atom. The lowest BCUT2D eigenvalue weighted by Gasteiger charge is -2.34. The minimum Gasteiger partial charge on any atom is -0.391 e. The zero-order valence-electron chi connectivity index (χ0n) is 12.8. The van der Waals surface area contributed by atoms with Gasteiger partial charge in [-0.05, 0) is 18.6 Å². The third-order valence-corrected chi connectivity index (χ3v) is 4.48. The van der Waals surface area contributed by atoms with Crippen LogP contribution >= 0.6 is 11.3 Å². The van der Waals surface area contributed by atoms with Crippen LogP contribution in [0.15, 0.2) is 41.9 Å². The number of hydrogen-bond donors (Lipinski definition) is 2. The van der Waals surface area contributed by atoms with Crippen LogP contribution in [-0.2, 0) is 4.84 Å². The van der Waals surface area contributed by atoms with Crippen molar-refractivity contribution in [3.63, 3.8) is 0 Å². The fraction of sp³-hybridized carbons (Fsp3) is 0.312. The Labute approximate surface area is 142 Å². The minimum atomic E-state index is -0.694. The third kappa shape index (κ3) is 3.97. The minimum absolute atomic E-state index is 0.219. The number of aliphatic hydroxyl groups is 1. The van der Waals surface area contributed by atoms with E-state index >= 15 is 0 Å². The topological polar surface area (TPSA) is 91.8 Å². The summed E-state index contributed by atoms with van der Waals surface area (Å²) in [6, 6.07) is 8.14. The number of aromatic nitrogens is 1. The molecule has 1 saturated heterocycles. The van der Waals surface area contributed by atoms with Crippen molar-refractivity contribution in [3.05, 3.63) is 52.5 Å². The summed E-state index contributed by atoms with van der Waals surface area (Å²) in [5.41, 5.74) is 0.451. The van der Waals surface area contributed by atoms with Gasteiger partial charge in [-0.15, -0.1) is 16.4 Å². The number of nitrogens with zero attached hydrogens (tertiary/aromatic N) is 2. The number of benzene rings is 1. The van der Waals surface area contributed by atoms with Crippen LogP contribution in [0.4, 0.5) is 0 Å². The maximum atomic E-state index is 12.1. The summed E-state index contributed by atoms with van der Waals surface area (Å²) in [6.07, 6.45) is 1.25. The number of rotatable bonds is 4. The van der Waals surface area contributed by atoms with Gasteiger partial charge in [0.05, 0.1) is 24.3 Å². The van der Waals surface area contributed by atoms with E-state index in [9.17, 15) is 14.7 Å². The fourth-order valence-electron chi connectivity index (χ4n) is 2.44. The highest BCUT2D eigenvalue weighted by molar-refractivity contribution is 7.11. The molecule has 0 aliphatic carbocycles. The Kier molecular flexibility index (Phi) is 5.19. The number of nitrogens with one attached hydrogen (secondary N) is 1. The smallest absolute Gasteiger partial charge is 0.357 e. The van der Waals surface area contributed by atoms with Gasteiger partial charge < -0.3 is 15.3 Å². The van der Waals surface area contributed by atoms with E-state index in [0.717, 1.165) is 0 Å². The van der Waals surface area contributed by atoms with Gasteiger partial charge in [0.2, 0.25) is 0 Å². The second kappa shape index (κ2) is 7.52. The van der Waals surface area contributed by atoms with Crippen molar-refractivity contribution in [2.24, 2.45) is 0 Å². The molecule has 2 heterocycles. The molecule has 0 radical (unpaired) electrons. The van der Waals surface area contributed by atoms with Crippen molar-refractivity contribution in [3.8, 4) is 0 Å². The van der Waals surface area contributed by atoms with Gasteiger partial charge in [-0.3, -0.25) is 4.79 Å². The summed E-state index contributed by atoms with van der Waals surface area (Å²) in [5, 5.41) is 16.3. The van der Waals surface area contributed by atoms with E-state index in [1.165, 1.54) is 16.4 Å². The Morgan fingerprint density at radius 1 is 1.33 bits per heavy atom. The fourth-order valence-corrected chi connectivity index (χ4v) is 2.98. The van der Waals surface area contributed by atoms with Gasteiger partial charge in [-0.2, -0.15) is 0 Å². The Morgan fingerprint density at radius 3 is 2.83 bits per heavy atom. The molecule has 2 aromatic rings. The normalized spacial score (nSPS) is 21.2. The Hall–Kier alpha value is -2.29. The average molecular weight is 347 g/mol. The maximum absolute atomic E-state index is 12.1. The summed E-state index contributed by atoms with van der Waals surface area (Å²) in [5.74, 6) is -0.803. The number of carbonyl (C=O) groups is 2. The Balaban J connectivity index is 1.59. The summed E-state index contributed by atoms with van der Waals surface area (Å²) in [6.45, 7) is 0.625. The second-order valence-electron chi connectivity index (χ2n) is 5.41. The van der Waals surface area contributed by atoms with Gasteiger partial charge in [0.25, 0.3) is 5.91 Å². The van der Waals surface area contributed by atoms with Crippen LogP contribution in [0.3, 0.4) is 0 Å². The van der Waals surface area contributed by atoms with Crippen molar-refractivity contribution in [2.75, 3.05) is 13.1 Å². The molecule has 0 unspecified atom stereocenters. The van der Waals surface area contributed by atoms with Gasteiger partial charge in [0.15, 0.2) is 5.01 Å². The summed E-state index contributed by atoms with van der Waals surface area (Å²) in [7, 11) is 0. The average Bonchev–Trinajstić information content (AvgIpc) is 3.13. The molecule has 1 aliphatic heterocycles. The third-order valence-electron chi connectivity index (χ3n) is 3.70. The van der Waals surface area contributed by atoms with Gasteiger partial charge in [-0.1, -0.05) is 18.2 Å². The quantitative estimate of drug-likeness (QED) is 0.860. The van der Waals surface area contributed by atoms with Crippen LogP contribution in [-0.4, -0.2) is 52.3 Å². The maximum Gasteiger partial charge on any atom is 0.357 e. The predicted molar refractivity (Wildman–Crippen MR) is 87.4 cm³/mol. The molecule has 24 heavy (non-hydrogen) atoms. The highest BCUT2D eigenvalue weighted by atomic mass is 32.1. The molecule has 2 N–H and O–H groups in total. The second-order valence-corrected chi connectivity index (χ2v) is 6.30. The number of piperidine rings is 1. The lowest BCUT2D eigenvalue weighted by Crippen LogP contribution is -2.55. The lowest BCUT2D eigenvalue weighted by atomic mass is 10.0. The van der Waals surface area contributed by atoms with Crippen molar-refractivity contribution in [1.82, 2.24) is 15.4 Å². The van der Waals surface area contributed by atoms with E-state index in [-0.39, 0.29) is 12.5 Å². The van der Waals surface area contributed by atoms with Crippen LogP contribution in [0.1, 0.15) is 26.6 Å². The molecule has 1 aromatic heterocycles. The standard InChI is InChI=1S/C16H17N3O4S/c20-13-6-8-19(23-16(22)11-4-2-1-3-5-11)10-12(13)18-14(21)15-17-7-9-24-15/h1-5,7,9,12-13,20H,6,8,10H2,(H,18,21)/t12-,13-/m0/s1. The van der Waals surface area contributed by atoms with Gasteiger partial charge >= 0.3 is 5.97 Å². The highest BCUT2D eigenvalue weighted by Crippen LogP contribution is 2.14. The number of hydrogen-bond acceptors (Lipinski definition) is 7. The van der Waals surface area contributed by atoms with Crippen molar-refractivity contribution in [2.45, 2.75) is 18.6 Å². The molecular formula is C16H17N3O4S. The molecule has 126 valence electrons. The van der Waals surface area contributed by atoms with Crippen LogP contribution < -0.4 is 5.32 Å². The van der Waals surface area contributed by atoms with Crippen molar-refractivity contribution in [1.29, 1.82) is 0 Å². The molecule has 1 aliphatic rings. The monoisotopic (exact) mass is 347 g/mol. The van der Waals surface area contributed by atoms with Crippen LogP contribution in [0, 0.1) is 0 Å². The van der Waals surface area contributed by atoms with E-state index in [2.05, 4.69) is 10.3 Å². The highest BCUT2D eigenvalue weighted by Gasteiger charge is 2.31. The van der Waals surface area contributed by atoms with Crippen LogP contribution in [0.5, 0.6) is 0 Å². The first-order valence-corrected chi connectivity index (χ1v) is 8.42. The molecule has 1 aromatic carbocycles. The zero-order valence-corrected chi connectivity index (χ0v) is 13.6. The van der Waals surface area contributed by atoms with Crippen LogP contribution in [0.25, 0.3) is 0 Å². The van der Waals surface area contributed by atoms with Crippen LogP contribution in [0.2, 0.25) is 0 Å². The van der Waals surface area contributed by atoms with Gasteiger partial charge in [0, 0.05) is 18.1 Å². The number of thiazole rings is 1. The number of hydroxylamine groups is 2. The van der Waals surface area contributed by atoms with E-state index in [1.54, 1.807) is 35.8 Å². The summed E-state index contributed by atoms with van der Waals surface area (Å²) < 4.78 is 0. The van der Waals surface area contributed by atoms with E-state index in [1.807, 2.05) is 6.07 Å². The first-order chi connectivity index (χ1) is 11.6. The number of amides is 1. The van der Waals surface area contributed by atoms with Crippen molar-refractivity contribution < 1.29 is 19.5 Å². The zero-order chi connectivity index (χ0) is 16.9. The molecule has 3 rings (SSSR count). The lowest BCUT2D eigenvalue weighted by molar-refractivity contribution is -0.140. The molecule has 2 atom stereocenters. The molecular weight excluding hydrogens is 330 g/mol. The molecule has 1 fully saturated rings. The molecule has 7 nitrogen and oxygen atoms in total. The SMILES string of the molecule is O=C(ON1CC[C@H](O)[C@@H](NC(=O)c2nccs2)C1)c1ccccc1. The molecule has 8 heteroatoms. The van der Waals surface area contributed by atoms with E-state index < -0.39 is 18.1 Å². The molecule has 0 spiro atoms. The first kappa shape index (κ1) is 16.6. The van der Waals surface area contributed by atoms with Gasteiger partial charge in [-0.25, -0.2) is 9.78 Å². The van der Waals surface area contributed by atoms with Crippen molar-refractivity contribution >= 4 is 23.2 Å². The van der Waals surface area contributed by atoms with E-state index in [0.29, 0.717) is 23.5 Å². The number of carbonyl (C=O) groups excluding carboxylic acids is 2. The molecule has 0 saturated carbocycles. The van der Waals surface area contributed by atoms with E-state index in [4.69, 9.17) is 4.84 Å². The van der Waals surface area contributed by atoms with Gasteiger partial charge in [0.1, 0.15) is 0 Å². The largest absolute Gasteiger partial charge is 0.391 e. The Bertz CT molecular complexity index is 693. The summed E-state index contributed by atoms with van der Waals surface area (Å²) in [4.78, 5) is 33.4. The summed E-state index contributed by atoms with van der Waals surface area (Å²) >= 11 is 1.23. The number of aliphatic hydroxyl groups excluding tert-OH is 1. The molecule has 1 amide bonds. The predicted octanol–water partition coefficient (Wildman–Crippen LogP) is 1.08. The molecule has 0 bridgehead atoms. The first-order valence-electron chi connectivity index (χ1n) is 7.54.